The molecule has 0 aromatic rings. The maximum absolute atomic E-state index is 3.36. The van der Waals surface area contributed by atoms with Crippen LogP contribution >= 0.6 is 0 Å². The highest BCUT2D eigenvalue weighted by Crippen LogP contribution is 2.15. The molecule has 0 atom stereocenters. The zero-order chi connectivity index (χ0) is 10.4. The van der Waals surface area contributed by atoms with Crippen LogP contribution in [0.25, 0.3) is 0 Å². The largest absolute Gasteiger partial charge is 0.103 e. The van der Waals surface area contributed by atoms with Gasteiger partial charge in [0, 0.05) is 0 Å². The quantitative estimate of drug-likeness (QED) is 0.483. The van der Waals surface area contributed by atoms with Gasteiger partial charge in [-0.3, -0.25) is 0 Å². The van der Waals surface area contributed by atoms with Gasteiger partial charge in [0.1, 0.15) is 0 Å². The van der Waals surface area contributed by atoms with Crippen LogP contribution in [0.15, 0.2) is 12.7 Å². The third kappa shape index (κ3) is 24.5. The Kier molecular flexibility index (Phi) is 20.8. The fraction of sp³-hybridized carbons (Fsp3) is 0.846. The minimum atomic E-state index is 1.32. The zero-order valence-corrected chi connectivity index (χ0v) is 9.94. The summed E-state index contributed by atoms with van der Waals surface area (Å²) >= 11 is 0. The van der Waals surface area contributed by atoms with Crippen molar-refractivity contribution in [3.05, 3.63) is 12.7 Å². The Morgan fingerprint density at radius 3 is 1.08 bits per heavy atom. The summed E-state index contributed by atoms with van der Waals surface area (Å²) in [6.45, 7) is 9.61. The molecular weight excluding hydrogens is 156 g/mol. The van der Waals surface area contributed by atoms with Crippen molar-refractivity contribution in [3.8, 4) is 0 Å². The van der Waals surface area contributed by atoms with Gasteiger partial charge < -0.3 is 0 Å². The summed E-state index contributed by atoms with van der Waals surface area (Å²) in [5.74, 6) is 0. The SMILES string of the molecule is C1CCCCC1.C=CC.CCCC. The van der Waals surface area contributed by atoms with Gasteiger partial charge in [0.2, 0.25) is 0 Å². The van der Waals surface area contributed by atoms with Crippen molar-refractivity contribution in [2.75, 3.05) is 0 Å². The molecule has 0 aromatic heterocycles. The van der Waals surface area contributed by atoms with E-state index < -0.39 is 0 Å². The van der Waals surface area contributed by atoms with E-state index in [-0.39, 0.29) is 0 Å². The first-order chi connectivity index (χ1) is 6.33. The highest BCUT2D eigenvalue weighted by atomic mass is 14.0. The van der Waals surface area contributed by atoms with Crippen molar-refractivity contribution >= 4 is 0 Å². The maximum Gasteiger partial charge on any atom is -0.0473 e. The van der Waals surface area contributed by atoms with Gasteiger partial charge in [0.25, 0.3) is 0 Å². The van der Waals surface area contributed by atoms with Crippen LogP contribution in [0.4, 0.5) is 0 Å². The average molecular weight is 184 g/mol. The lowest BCUT2D eigenvalue weighted by molar-refractivity contribution is 0.504. The summed E-state index contributed by atoms with van der Waals surface area (Å²) in [4.78, 5) is 0. The van der Waals surface area contributed by atoms with Gasteiger partial charge >= 0.3 is 0 Å². The van der Waals surface area contributed by atoms with E-state index in [1.807, 2.05) is 6.92 Å². The molecule has 13 heavy (non-hydrogen) atoms. The number of hydrogen-bond acceptors (Lipinski definition) is 0. The number of hydrogen-bond donors (Lipinski definition) is 0. The highest BCUT2D eigenvalue weighted by molar-refractivity contribution is 4.51. The van der Waals surface area contributed by atoms with Gasteiger partial charge in [-0.2, -0.15) is 0 Å². The summed E-state index contributed by atoms with van der Waals surface area (Å²) in [7, 11) is 0. The summed E-state index contributed by atoms with van der Waals surface area (Å²) in [6.07, 6.45) is 13.4. The van der Waals surface area contributed by atoms with Gasteiger partial charge in [0.15, 0.2) is 0 Å². The second-order valence-corrected chi connectivity index (χ2v) is 3.53. The fourth-order valence-corrected chi connectivity index (χ4v) is 1.06. The van der Waals surface area contributed by atoms with Crippen LogP contribution in [0.3, 0.4) is 0 Å². The van der Waals surface area contributed by atoms with Crippen LogP contribution in [-0.4, -0.2) is 0 Å². The highest BCUT2D eigenvalue weighted by Gasteiger charge is 1.95. The summed E-state index contributed by atoms with van der Waals surface area (Å²) in [6, 6.07) is 0. The second-order valence-electron chi connectivity index (χ2n) is 3.53. The van der Waals surface area contributed by atoms with Crippen molar-refractivity contribution in [1.29, 1.82) is 0 Å². The molecule has 0 radical (unpaired) electrons. The first-order valence-corrected chi connectivity index (χ1v) is 5.90. The molecule has 1 aliphatic rings. The Morgan fingerprint density at radius 1 is 0.846 bits per heavy atom. The predicted octanol–water partition coefficient (Wildman–Crippen LogP) is 5.34. The molecule has 0 heterocycles. The molecule has 0 aliphatic heterocycles. The molecule has 0 nitrogen and oxygen atoms in total. The fourth-order valence-electron chi connectivity index (χ4n) is 1.06. The predicted molar refractivity (Wildman–Crippen MR) is 64.2 cm³/mol. The normalized spacial score (nSPS) is 14.4. The molecule has 1 rings (SSSR count). The van der Waals surface area contributed by atoms with Crippen LogP contribution < -0.4 is 0 Å². The molecule has 0 N–H and O–H groups in total. The number of unbranched alkanes of at least 4 members (excludes halogenated alkanes) is 1. The summed E-state index contributed by atoms with van der Waals surface area (Å²) in [5, 5.41) is 0. The van der Waals surface area contributed by atoms with E-state index in [1.54, 1.807) is 6.08 Å². The molecule has 0 unspecified atom stereocenters. The van der Waals surface area contributed by atoms with Crippen molar-refractivity contribution in [3.63, 3.8) is 0 Å². The third-order valence-electron chi connectivity index (χ3n) is 2.00. The molecule has 1 fully saturated rings. The number of allylic oxidation sites excluding steroid dienone is 1. The minimum absolute atomic E-state index is 1.32. The molecule has 0 heteroatoms. The van der Waals surface area contributed by atoms with E-state index in [0.717, 1.165) is 0 Å². The van der Waals surface area contributed by atoms with Crippen LogP contribution in [0.2, 0.25) is 0 Å². The first kappa shape index (κ1) is 15.2. The third-order valence-corrected chi connectivity index (χ3v) is 2.00. The number of rotatable bonds is 1. The molecule has 0 aromatic carbocycles. The van der Waals surface area contributed by atoms with Crippen molar-refractivity contribution in [2.24, 2.45) is 0 Å². The lowest BCUT2D eigenvalue weighted by Crippen LogP contribution is -1.85. The Hall–Kier alpha value is -0.260. The Morgan fingerprint density at radius 2 is 1.00 bits per heavy atom. The molecule has 0 amide bonds. The molecule has 0 spiro atoms. The maximum atomic E-state index is 3.36. The zero-order valence-electron chi connectivity index (χ0n) is 9.94. The molecule has 0 bridgehead atoms. The van der Waals surface area contributed by atoms with E-state index in [9.17, 15) is 0 Å². The molecule has 1 aliphatic carbocycles. The lowest BCUT2D eigenvalue weighted by Gasteiger charge is -2.05. The van der Waals surface area contributed by atoms with Gasteiger partial charge in [0.05, 0.1) is 0 Å². The van der Waals surface area contributed by atoms with Crippen LogP contribution in [-0.2, 0) is 0 Å². The van der Waals surface area contributed by atoms with Gasteiger partial charge in [-0.05, 0) is 6.92 Å². The molecular formula is C13H28. The Balaban J connectivity index is 0. The van der Waals surface area contributed by atoms with E-state index in [0.29, 0.717) is 0 Å². The topological polar surface area (TPSA) is 0 Å². The van der Waals surface area contributed by atoms with Gasteiger partial charge in [-0.15, -0.1) is 6.58 Å². The standard InChI is InChI=1S/C6H12.C4H10.C3H6/c1-2-4-6-5-3-1;1-3-4-2;1-3-2/h1-6H2;3-4H2,1-2H3;3H,1H2,2H3. The molecule has 80 valence electrons. The van der Waals surface area contributed by atoms with Crippen molar-refractivity contribution in [2.45, 2.75) is 72.1 Å². The average Bonchev–Trinajstić information content (AvgIpc) is 2.22. The van der Waals surface area contributed by atoms with E-state index >= 15 is 0 Å². The Bertz CT molecular complexity index is 56.6. The smallest absolute Gasteiger partial charge is 0.0473 e. The van der Waals surface area contributed by atoms with Crippen LogP contribution in [0, 0.1) is 0 Å². The van der Waals surface area contributed by atoms with Crippen molar-refractivity contribution in [1.82, 2.24) is 0 Å². The van der Waals surface area contributed by atoms with Crippen LogP contribution in [0.5, 0.6) is 0 Å². The van der Waals surface area contributed by atoms with E-state index in [2.05, 4.69) is 20.4 Å². The lowest BCUT2D eigenvalue weighted by atomic mass is 10.0. The molecule has 0 saturated heterocycles. The summed E-state index contributed by atoms with van der Waals surface area (Å²) in [5.41, 5.74) is 0. The van der Waals surface area contributed by atoms with Crippen LogP contribution in [0.1, 0.15) is 72.1 Å². The van der Waals surface area contributed by atoms with Gasteiger partial charge in [-0.1, -0.05) is 71.3 Å². The monoisotopic (exact) mass is 184 g/mol. The first-order valence-electron chi connectivity index (χ1n) is 5.90. The second kappa shape index (κ2) is 17.7. The van der Waals surface area contributed by atoms with Gasteiger partial charge in [-0.25, -0.2) is 0 Å². The minimum Gasteiger partial charge on any atom is -0.103 e. The van der Waals surface area contributed by atoms with Crippen molar-refractivity contribution < 1.29 is 0 Å². The Labute approximate surface area is 85.4 Å². The molecule has 1 saturated carbocycles. The summed E-state index contributed by atoms with van der Waals surface area (Å²) < 4.78 is 0. The van der Waals surface area contributed by atoms with E-state index in [1.165, 1.54) is 51.4 Å². The van der Waals surface area contributed by atoms with E-state index in [4.69, 9.17) is 0 Å².